The zero-order valence-electron chi connectivity index (χ0n) is 17.3. The third kappa shape index (κ3) is 8.14. The summed E-state index contributed by atoms with van der Waals surface area (Å²) in [5, 5.41) is 8.16. The van der Waals surface area contributed by atoms with Crippen molar-refractivity contribution in [3.8, 4) is 0 Å². The minimum Gasteiger partial charge on any atom is -0.356 e. The number of aliphatic imine (C=N–C) groups is 1. The summed E-state index contributed by atoms with van der Waals surface area (Å²) in [6.07, 6.45) is 0.967. The summed E-state index contributed by atoms with van der Waals surface area (Å²) in [5.41, 5.74) is 1.30. The molecule has 1 atom stereocenters. The molecule has 7 nitrogen and oxygen atoms in total. The van der Waals surface area contributed by atoms with E-state index < -0.39 is 10.0 Å². The third-order valence-corrected chi connectivity index (χ3v) is 7.43. The van der Waals surface area contributed by atoms with E-state index in [2.05, 4.69) is 63.5 Å². The highest BCUT2D eigenvalue weighted by molar-refractivity contribution is 7.91. The molecule has 0 aliphatic heterocycles. The van der Waals surface area contributed by atoms with E-state index in [1.165, 1.54) is 16.9 Å². The molecule has 0 saturated carbocycles. The Morgan fingerprint density at radius 3 is 2.48 bits per heavy atom. The molecule has 1 aromatic carbocycles. The largest absolute Gasteiger partial charge is 0.356 e. The number of hydrogen-bond acceptors (Lipinski definition) is 5. The molecule has 0 aliphatic rings. The van der Waals surface area contributed by atoms with Crippen molar-refractivity contribution in [2.24, 2.45) is 4.99 Å². The maximum absolute atomic E-state index is 12.1. The summed E-state index contributed by atoms with van der Waals surface area (Å²) in [5.74, 6) is 0.665. The van der Waals surface area contributed by atoms with Crippen molar-refractivity contribution >= 4 is 27.3 Å². The zero-order chi connectivity index (χ0) is 21.1. The fraction of sp³-hybridized carbons (Fsp3) is 0.450. The Hall–Kier alpha value is -1.94. The number of rotatable bonds is 11. The van der Waals surface area contributed by atoms with Crippen LogP contribution in [0.3, 0.4) is 0 Å². The molecule has 1 unspecified atom stereocenters. The predicted molar refractivity (Wildman–Crippen MR) is 121 cm³/mol. The van der Waals surface area contributed by atoms with Crippen LogP contribution in [0.4, 0.5) is 0 Å². The van der Waals surface area contributed by atoms with Gasteiger partial charge in [0.15, 0.2) is 5.96 Å². The minimum absolute atomic E-state index is 0.289. The summed E-state index contributed by atoms with van der Waals surface area (Å²) >= 11 is 1.20. The van der Waals surface area contributed by atoms with E-state index in [0.717, 1.165) is 19.5 Å². The second-order valence-electron chi connectivity index (χ2n) is 6.79. The molecular weight excluding hydrogens is 406 g/mol. The maximum Gasteiger partial charge on any atom is 0.250 e. The standard InChI is InChI=1S/C20H31N5O2S2/c1-17(25(3)16-18-8-5-4-6-9-18)11-12-22-20(21-2)23-13-14-24-29(26,27)19-10-7-15-28-19/h4-10,15,17,24H,11-14,16H2,1-3H3,(H2,21,22,23). The highest BCUT2D eigenvalue weighted by Crippen LogP contribution is 2.14. The first-order chi connectivity index (χ1) is 13.9. The fourth-order valence-corrected chi connectivity index (χ4v) is 4.79. The molecule has 0 saturated heterocycles. The lowest BCUT2D eigenvalue weighted by atomic mass is 10.1. The number of sulfonamides is 1. The number of thiophene rings is 1. The van der Waals surface area contributed by atoms with Crippen LogP contribution in [0.15, 0.2) is 57.0 Å². The van der Waals surface area contributed by atoms with E-state index in [1.807, 2.05) is 6.07 Å². The van der Waals surface area contributed by atoms with Crippen LogP contribution in [0.5, 0.6) is 0 Å². The number of hydrogen-bond donors (Lipinski definition) is 3. The lowest BCUT2D eigenvalue weighted by molar-refractivity contribution is 0.238. The van der Waals surface area contributed by atoms with Gasteiger partial charge < -0.3 is 10.6 Å². The van der Waals surface area contributed by atoms with Gasteiger partial charge in [0, 0.05) is 39.3 Å². The van der Waals surface area contributed by atoms with Gasteiger partial charge in [-0.1, -0.05) is 36.4 Å². The molecule has 0 radical (unpaired) electrons. The van der Waals surface area contributed by atoms with Gasteiger partial charge in [0.05, 0.1) is 0 Å². The summed E-state index contributed by atoms with van der Waals surface area (Å²) in [6, 6.07) is 14.2. The van der Waals surface area contributed by atoms with E-state index in [4.69, 9.17) is 0 Å². The van der Waals surface area contributed by atoms with Crippen LogP contribution in [-0.2, 0) is 16.6 Å². The van der Waals surface area contributed by atoms with Gasteiger partial charge in [0.25, 0.3) is 0 Å². The van der Waals surface area contributed by atoms with Crippen LogP contribution in [0.2, 0.25) is 0 Å². The molecule has 2 aromatic rings. The molecule has 0 spiro atoms. The Balaban J connectivity index is 1.64. The Morgan fingerprint density at radius 2 is 1.83 bits per heavy atom. The monoisotopic (exact) mass is 437 g/mol. The van der Waals surface area contributed by atoms with Crippen molar-refractivity contribution in [3.05, 3.63) is 53.4 Å². The average Bonchev–Trinajstić information content (AvgIpc) is 3.26. The van der Waals surface area contributed by atoms with Crippen LogP contribution in [-0.4, -0.2) is 59.0 Å². The van der Waals surface area contributed by atoms with E-state index in [1.54, 1.807) is 24.6 Å². The molecule has 29 heavy (non-hydrogen) atoms. The second-order valence-corrected chi connectivity index (χ2v) is 9.74. The van der Waals surface area contributed by atoms with E-state index >= 15 is 0 Å². The topological polar surface area (TPSA) is 85.8 Å². The van der Waals surface area contributed by atoms with Crippen molar-refractivity contribution in [1.29, 1.82) is 0 Å². The number of nitrogens with one attached hydrogen (secondary N) is 3. The first-order valence-electron chi connectivity index (χ1n) is 9.64. The predicted octanol–water partition coefficient (Wildman–Crippen LogP) is 2.10. The van der Waals surface area contributed by atoms with Crippen molar-refractivity contribution in [3.63, 3.8) is 0 Å². The van der Waals surface area contributed by atoms with Gasteiger partial charge in [0.2, 0.25) is 10.0 Å². The van der Waals surface area contributed by atoms with Crippen LogP contribution in [0.1, 0.15) is 18.9 Å². The summed E-state index contributed by atoms with van der Waals surface area (Å²) < 4.78 is 27.1. The first kappa shape index (κ1) is 23.3. The molecule has 2 rings (SSSR count). The first-order valence-corrected chi connectivity index (χ1v) is 12.0. The van der Waals surface area contributed by atoms with E-state index in [9.17, 15) is 8.42 Å². The molecular formula is C20H31N5O2S2. The Morgan fingerprint density at radius 1 is 1.10 bits per heavy atom. The fourth-order valence-electron chi connectivity index (χ4n) is 2.72. The van der Waals surface area contributed by atoms with Gasteiger partial charge >= 0.3 is 0 Å². The molecule has 0 fully saturated rings. The maximum atomic E-state index is 12.1. The number of nitrogens with zero attached hydrogens (tertiary/aromatic N) is 2. The smallest absolute Gasteiger partial charge is 0.250 e. The SMILES string of the molecule is CN=C(NCCNS(=O)(=O)c1cccs1)NCCC(C)N(C)Cc1ccccc1. The minimum atomic E-state index is -3.42. The van der Waals surface area contributed by atoms with E-state index in [0.29, 0.717) is 22.8 Å². The Bertz CT molecular complexity index is 839. The summed E-state index contributed by atoms with van der Waals surface area (Å²) in [7, 11) is 0.411. The zero-order valence-corrected chi connectivity index (χ0v) is 18.9. The van der Waals surface area contributed by atoms with Crippen molar-refractivity contribution < 1.29 is 8.42 Å². The van der Waals surface area contributed by atoms with Crippen LogP contribution in [0, 0.1) is 0 Å². The van der Waals surface area contributed by atoms with E-state index in [-0.39, 0.29) is 6.54 Å². The van der Waals surface area contributed by atoms with Gasteiger partial charge in [-0.3, -0.25) is 9.89 Å². The molecule has 1 aromatic heterocycles. The third-order valence-electron chi connectivity index (χ3n) is 4.57. The molecule has 160 valence electrons. The summed E-state index contributed by atoms with van der Waals surface area (Å²) in [4.78, 5) is 6.51. The molecule has 0 amide bonds. The van der Waals surface area contributed by atoms with Crippen LogP contribution < -0.4 is 15.4 Å². The average molecular weight is 438 g/mol. The molecule has 0 aliphatic carbocycles. The highest BCUT2D eigenvalue weighted by atomic mass is 32.2. The number of benzene rings is 1. The molecule has 0 bridgehead atoms. The molecule has 1 heterocycles. The van der Waals surface area contributed by atoms with Crippen LogP contribution >= 0.6 is 11.3 Å². The lowest BCUT2D eigenvalue weighted by Gasteiger charge is -2.25. The van der Waals surface area contributed by atoms with Crippen molar-refractivity contribution in [2.45, 2.75) is 30.1 Å². The van der Waals surface area contributed by atoms with Gasteiger partial charge in [-0.2, -0.15) is 0 Å². The Kier molecular flexibility index (Phi) is 9.59. The Labute approximate surface area is 178 Å². The van der Waals surface area contributed by atoms with Gasteiger partial charge in [-0.25, -0.2) is 13.1 Å². The van der Waals surface area contributed by atoms with Gasteiger partial charge in [-0.05, 0) is 37.4 Å². The van der Waals surface area contributed by atoms with Crippen molar-refractivity contribution in [1.82, 2.24) is 20.3 Å². The van der Waals surface area contributed by atoms with Gasteiger partial charge in [-0.15, -0.1) is 11.3 Å². The second kappa shape index (κ2) is 11.9. The molecule has 3 N–H and O–H groups in total. The van der Waals surface area contributed by atoms with Crippen molar-refractivity contribution in [2.75, 3.05) is 33.7 Å². The quantitative estimate of drug-likeness (QED) is 0.285. The summed E-state index contributed by atoms with van der Waals surface area (Å²) in [6.45, 7) is 4.64. The highest BCUT2D eigenvalue weighted by Gasteiger charge is 2.14. The van der Waals surface area contributed by atoms with Gasteiger partial charge in [0.1, 0.15) is 4.21 Å². The molecule has 9 heteroatoms. The van der Waals surface area contributed by atoms with Crippen LogP contribution in [0.25, 0.3) is 0 Å². The number of guanidine groups is 1. The lowest BCUT2D eigenvalue weighted by Crippen LogP contribution is -2.42. The normalized spacial score (nSPS) is 13.4.